The van der Waals surface area contributed by atoms with Crippen LogP contribution in [-0.4, -0.2) is 67.6 Å². The number of carbonyl (C=O) groups is 2. The van der Waals surface area contributed by atoms with Crippen LogP contribution in [0.15, 0.2) is 0 Å². The SMILES string of the molecule is CCCCCCNC(=O)N1CCN(CC(=O)NCC)CC1. The molecule has 0 unspecified atom stereocenters. The van der Waals surface area contributed by atoms with E-state index in [9.17, 15) is 9.59 Å². The van der Waals surface area contributed by atoms with Gasteiger partial charge in [0.2, 0.25) is 5.91 Å². The second-order valence-corrected chi connectivity index (χ2v) is 5.51. The van der Waals surface area contributed by atoms with E-state index in [1.54, 1.807) is 0 Å². The summed E-state index contributed by atoms with van der Waals surface area (Å²) >= 11 is 0. The molecule has 2 N–H and O–H groups in total. The van der Waals surface area contributed by atoms with Crippen LogP contribution in [0.2, 0.25) is 0 Å². The number of likely N-dealkylation sites (N-methyl/N-ethyl adjacent to an activating group) is 1. The van der Waals surface area contributed by atoms with E-state index in [4.69, 9.17) is 0 Å². The third kappa shape index (κ3) is 7.32. The smallest absolute Gasteiger partial charge is 0.317 e. The average Bonchev–Trinajstić information content (AvgIpc) is 2.48. The van der Waals surface area contributed by atoms with Crippen LogP contribution in [0.4, 0.5) is 4.79 Å². The molecule has 1 rings (SSSR count). The zero-order chi connectivity index (χ0) is 15.5. The van der Waals surface area contributed by atoms with E-state index in [0.29, 0.717) is 26.2 Å². The van der Waals surface area contributed by atoms with E-state index in [-0.39, 0.29) is 11.9 Å². The number of piperazine rings is 1. The van der Waals surface area contributed by atoms with Gasteiger partial charge in [-0.05, 0) is 13.3 Å². The van der Waals surface area contributed by atoms with E-state index in [1.165, 1.54) is 19.3 Å². The number of urea groups is 1. The molecule has 3 amide bonds. The summed E-state index contributed by atoms with van der Waals surface area (Å²) < 4.78 is 0. The molecule has 6 nitrogen and oxygen atoms in total. The number of rotatable bonds is 8. The molecule has 1 fully saturated rings. The van der Waals surface area contributed by atoms with Crippen molar-refractivity contribution in [3.8, 4) is 0 Å². The second-order valence-electron chi connectivity index (χ2n) is 5.51. The predicted molar refractivity (Wildman–Crippen MR) is 84.2 cm³/mol. The van der Waals surface area contributed by atoms with Crippen molar-refractivity contribution in [1.82, 2.24) is 20.4 Å². The van der Waals surface area contributed by atoms with Crippen LogP contribution >= 0.6 is 0 Å². The summed E-state index contributed by atoms with van der Waals surface area (Å²) in [6.07, 6.45) is 4.67. The van der Waals surface area contributed by atoms with E-state index < -0.39 is 0 Å². The minimum atomic E-state index is 0.0316. The van der Waals surface area contributed by atoms with Crippen molar-refractivity contribution in [3.63, 3.8) is 0 Å². The van der Waals surface area contributed by atoms with Crippen LogP contribution < -0.4 is 10.6 Å². The van der Waals surface area contributed by atoms with Gasteiger partial charge in [-0.3, -0.25) is 9.69 Å². The molecule has 1 saturated heterocycles. The highest BCUT2D eigenvalue weighted by atomic mass is 16.2. The Morgan fingerprint density at radius 2 is 1.67 bits per heavy atom. The standard InChI is InChI=1S/C15H30N4O2/c1-3-5-6-7-8-17-15(21)19-11-9-18(10-12-19)13-14(20)16-4-2/h3-13H2,1-2H3,(H,16,20)(H,17,21). The maximum absolute atomic E-state index is 12.0. The molecule has 0 saturated carbocycles. The first kappa shape index (κ1) is 17.8. The lowest BCUT2D eigenvalue weighted by atomic mass is 10.2. The van der Waals surface area contributed by atoms with Crippen molar-refractivity contribution >= 4 is 11.9 Å². The van der Waals surface area contributed by atoms with Crippen LogP contribution in [0.25, 0.3) is 0 Å². The third-order valence-corrected chi connectivity index (χ3v) is 3.71. The Bertz CT molecular complexity index is 315. The lowest BCUT2D eigenvalue weighted by Crippen LogP contribution is -2.53. The largest absolute Gasteiger partial charge is 0.355 e. The van der Waals surface area contributed by atoms with Crippen molar-refractivity contribution < 1.29 is 9.59 Å². The van der Waals surface area contributed by atoms with Crippen molar-refractivity contribution in [2.45, 2.75) is 39.5 Å². The number of carbonyl (C=O) groups excluding carboxylic acids is 2. The van der Waals surface area contributed by atoms with E-state index in [2.05, 4.69) is 22.5 Å². The van der Waals surface area contributed by atoms with Crippen LogP contribution in [0.5, 0.6) is 0 Å². The Labute approximate surface area is 128 Å². The molecule has 0 aromatic rings. The fourth-order valence-corrected chi connectivity index (χ4v) is 2.42. The van der Waals surface area contributed by atoms with Gasteiger partial charge >= 0.3 is 6.03 Å². The minimum Gasteiger partial charge on any atom is -0.355 e. The van der Waals surface area contributed by atoms with Crippen LogP contribution in [0.1, 0.15) is 39.5 Å². The van der Waals surface area contributed by atoms with Crippen LogP contribution in [0, 0.1) is 0 Å². The van der Waals surface area contributed by atoms with Crippen molar-refractivity contribution in [3.05, 3.63) is 0 Å². The van der Waals surface area contributed by atoms with Crippen molar-refractivity contribution in [2.24, 2.45) is 0 Å². The number of amides is 3. The second kappa shape index (κ2) is 10.4. The Kier molecular flexibility index (Phi) is 8.82. The lowest BCUT2D eigenvalue weighted by molar-refractivity contribution is -0.122. The molecule has 21 heavy (non-hydrogen) atoms. The fourth-order valence-electron chi connectivity index (χ4n) is 2.42. The van der Waals surface area contributed by atoms with Crippen molar-refractivity contribution in [1.29, 1.82) is 0 Å². The first-order valence-corrected chi connectivity index (χ1v) is 8.19. The number of nitrogens with one attached hydrogen (secondary N) is 2. The average molecular weight is 298 g/mol. The van der Waals surface area contributed by atoms with Gasteiger partial charge in [-0.1, -0.05) is 26.2 Å². The summed E-state index contributed by atoms with van der Waals surface area (Å²) in [4.78, 5) is 27.4. The lowest BCUT2D eigenvalue weighted by Gasteiger charge is -2.34. The quantitative estimate of drug-likeness (QED) is 0.658. The molecular weight excluding hydrogens is 268 g/mol. The Hall–Kier alpha value is -1.30. The summed E-state index contributed by atoms with van der Waals surface area (Å²) in [5.74, 6) is 0.0614. The van der Waals surface area contributed by atoms with Crippen molar-refractivity contribution in [2.75, 3.05) is 45.8 Å². The first-order chi connectivity index (χ1) is 10.2. The molecule has 122 valence electrons. The first-order valence-electron chi connectivity index (χ1n) is 8.19. The van der Waals surface area contributed by atoms with E-state index >= 15 is 0 Å². The van der Waals surface area contributed by atoms with Gasteiger partial charge in [-0.15, -0.1) is 0 Å². The zero-order valence-electron chi connectivity index (χ0n) is 13.5. The number of hydrogen-bond acceptors (Lipinski definition) is 3. The highest BCUT2D eigenvalue weighted by molar-refractivity contribution is 5.78. The Morgan fingerprint density at radius 1 is 0.952 bits per heavy atom. The topological polar surface area (TPSA) is 64.7 Å². The van der Waals surface area contributed by atoms with Gasteiger partial charge in [0.1, 0.15) is 0 Å². The van der Waals surface area contributed by atoms with Gasteiger partial charge in [-0.25, -0.2) is 4.79 Å². The fraction of sp³-hybridized carbons (Fsp3) is 0.867. The maximum Gasteiger partial charge on any atom is 0.317 e. The van der Waals surface area contributed by atoms with Gasteiger partial charge in [0.05, 0.1) is 6.54 Å². The molecular formula is C15H30N4O2. The molecule has 0 bridgehead atoms. The molecule has 0 aromatic carbocycles. The zero-order valence-corrected chi connectivity index (χ0v) is 13.5. The van der Waals surface area contributed by atoms with Gasteiger partial charge in [0.25, 0.3) is 0 Å². The predicted octanol–water partition coefficient (Wildman–Crippen LogP) is 1.03. The van der Waals surface area contributed by atoms with Gasteiger partial charge in [-0.2, -0.15) is 0 Å². The Morgan fingerprint density at radius 3 is 2.29 bits per heavy atom. The van der Waals surface area contributed by atoms with Gasteiger partial charge < -0.3 is 15.5 Å². The molecule has 0 aromatic heterocycles. The molecule has 0 spiro atoms. The van der Waals surface area contributed by atoms with E-state index in [0.717, 1.165) is 26.1 Å². The summed E-state index contributed by atoms with van der Waals surface area (Å²) in [5, 5.41) is 5.77. The maximum atomic E-state index is 12.0. The summed E-state index contributed by atoms with van der Waals surface area (Å²) in [6.45, 7) is 8.87. The summed E-state index contributed by atoms with van der Waals surface area (Å²) in [6, 6.07) is 0.0316. The number of unbranched alkanes of at least 4 members (excludes halogenated alkanes) is 3. The van der Waals surface area contributed by atoms with Gasteiger partial charge in [0.15, 0.2) is 0 Å². The summed E-state index contributed by atoms with van der Waals surface area (Å²) in [5.41, 5.74) is 0. The number of hydrogen-bond donors (Lipinski definition) is 2. The van der Waals surface area contributed by atoms with Crippen LogP contribution in [0.3, 0.4) is 0 Å². The monoisotopic (exact) mass is 298 g/mol. The molecule has 6 heteroatoms. The highest BCUT2D eigenvalue weighted by Crippen LogP contribution is 2.02. The molecule has 1 aliphatic rings. The van der Waals surface area contributed by atoms with E-state index in [1.807, 2.05) is 11.8 Å². The molecule has 0 atom stereocenters. The van der Waals surface area contributed by atoms with Crippen LogP contribution in [-0.2, 0) is 4.79 Å². The molecule has 1 aliphatic heterocycles. The minimum absolute atomic E-state index is 0.0316. The Balaban J connectivity index is 2.14. The normalized spacial score (nSPS) is 15.8. The molecule has 0 aliphatic carbocycles. The molecule has 1 heterocycles. The van der Waals surface area contributed by atoms with Gasteiger partial charge in [0, 0.05) is 39.3 Å². The highest BCUT2D eigenvalue weighted by Gasteiger charge is 2.21. The summed E-state index contributed by atoms with van der Waals surface area (Å²) in [7, 11) is 0. The number of nitrogens with zero attached hydrogens (tertiary/aromatic N) is 2. The third-order valence-electron chi connectivity index (χ3n) is 3.71. The molecule has 0 radical (unpaired) electrons.